The molecule has 1 aromatic heterocycles. The number of phenols is 1. The van der Waals surface area contributed by atoms with E-state index < -0.39 is 0 Å². The van der Waals surface area contributed by atoms with Crippen molar-refractivity contribution in [1.82, 2.24) is 9.97 Å². The van der Waals surface area contributed by atoms with Gasteiger partial charge in [-0.15, -0.1) is 17.2 Å². The number of aliphatic imine (C=N–C) groups is 1. The van der Waals surface area contributed by atoms with Crippen LogP contribution in [-0.2, 0) is 32.9 Å². The van der Waals surface area contributed by atoms with Crippen LogP contribution in [-0.4, -0.2) is 27.0 Å². The summed E-state index contributed by atoms with van der Waals surface area (Å²) in [6, 6.07) is 27.6. The average Bonchev–Trinajstić information content (AvgIpc) is 3.41. The van der Waals surface area contributed by atoms with Crippen LogP contribution in [0.25, 0.3) is 15.9 Å². The largest absolute Gasteiger partial charge is 0.506 e. The van der Waals surface area contributed by atoms with Crippen molar-refractivity contribution in [3.63, 3.8) is 0 Å². The topological polar surface area (TPSA) is 75.2 Å². The monoisotopic (exact) mass is 815 g/mol. The van der Waals surface area contributed by atoms with E-state index in [2.05, 4.69) is 90.7 Å². The Balaban J connectivity index is 0.00000401. The second-order valence-corrected chi connectivity index (χ2v) is 14.4. The van der Waals surface area contributed by atoms with E-state index in [1.165, 1.54) is 11.1 Å². The van der Waals surface area contributed by atoms with Crippen molar-refractivity contribution in [2.75, 3.05) is 4.90 Å². The molecule has 0 fully saturated rings. The van der Waals surface area contributed by atoms with Gasteiger partial charge in [-0.1, -0.05) is 90.1 Å². The molecule has 1 N–H and O–H groups in total. The van der Waals surface area contributed by atoms with Gasteiger partial charge in [0, 0.05) is 32.5 Å². The number of phenolic OH excluding ortho intramolecular Hbond substituents is 1. The molecule has 2 aliphatic rings. The van der Waals surface area contributed by atoms with E-state index in [1.54, 1.807) is 12.3 Å². The van der Waals surface area contributed by atoms with Crippen molar-refractivity contribution in [1.29, 1.82) is 0 Å². The van der Waals surface area contributed by atoms with Gasteiger partial charge < -0.3 is 19.7 Å². The number of rotatable bonds is 4. The zero-order valence-electron chi connectivity index (χ0n) is 28.0. The summed E-state index contributed by atoms with van der Waals surface area (Å²) in [4.78, 5) is 20.7. The minimum Gasteiger partial charge on any atom is -0.506 e. The number of hydrogen-bond donors (Lipinski definition) is 1. The first-order valence-electron chi connectivity index (χ1n) is 16.1. The van der Waals surface area contributed by atoms with E-state index >= 15 is 0 Å². The molecular formula is C40H38N5O2Pt-. The van der Waals surface area contributed by atoms with E-state index in [1.807, 2.05) is 43.3 Å². The Morgan fingerprint density at radius 2 is 1.79 bits per heavy atom. The molecule has 0 unspecified atom stereocenters. The van der Waals surface area contributed by atoms with Gasteiger partial charge >= 0.3 is 0 Å². The third-order valence-corrected chi connectivity index (χ3v) is 9.45. The van der Waals surface area contributed by atoms with Gasteiger partial charge in [0.1, 0.15) is 11.3 Å². The van der Waals surface area contributed by atoms with Crippen LogP contribution in [0.5, 0.6) is 17.4 Å². The fourth-order valence-corrected chi connectivity index (χ4v) is 6.91. The molecule has 0 saturated carbocycles. The van der Waals surface area contributed by atoms with Crippen LogP contribution < -0.4 is 9.64 Å². The minimum absolute atomic E-state index is 0. The van der Waals surface area contributed by atoms with Gasteiger partial charge in [0.05, 0.1) is 36.2 Å². The number of nitrogens with zero attached hydrogens (tertiary/aromatic N) is 5. The smallest absolute Gasteiger partial charge is 0.236 e. The van der Waals surface area contributed by atoms with Crippen LogP contribution in [0.1, 0.15) is 74.9 Å². The molecule has 5 aromatic rings. The minimum atomic E-state index is -0.140. The zero-order chi connectivity index (χ0) is 33.1. The third kappa shape index (κ3) is 6.11. The zero-order valence-corrected chi connectivity index (χ0v) is 30.3. The van der Waals surface area contributed by atoms with Crippen LogP contribution in [0, 0.1) is 25.0 Å². The molecule has 246 valence electrons. The normalized spacial score (nSPS) is 18.2. The van der Waals surface area contributed by atoms with Crippen LogP contribution in [0.15, 0.2) is 84.0 Å². The number of benzene rings is 4. The molecule has 1 aliphatic carbocycles. The number of amidine groups is 1. The van der Waals surface area contributed by atoms with Crippen molar-refractivity contribution in [3.8, 4) is 17.4 Å². The number of ether oxygens (including phenoxy) is 1. The fourth-order valence-electron chi connectivity index (χ4n) is 6.91. The molecule has 1 aliphatic heterocycles. The molecule has 2 atom stereocenters. The first kappa shape index (κ1) is 33.4. The molecule has 4 aromatic carbocycles. The average molecular weight is 816 g/mol. The molecule has 7 nitrogen and oxygen atoms in total. The van der Waals surface area contributed by atoms with E-state index in [9.17, 15) is 5.11 Å². The fraction of sp³-hybridized carbons (Fsp3) is 0.300. The molecule has 0 saturated heterocycles. The van der Waals surface area contributed by atoms with Gasteiger partial charge in [-0.05, 0) is 64.6 Å². The third-order valence-electron chi connectivity index (χ3n) is 9.45. The molecular weight excluding hydrogens is 778 g/mol. The summed E-state index contributed by atoms with van der Waals surface area (Å²) in [5, 5.41) is 10.8. The SMILES string of the molecule is [C-]#[N+]c1ccc(N2C(c3[c-]c(Oc4cnc5cc(C(C)(C)C)cc(O)c5n4)cc(C)c3)=N[C@H]3c4ccccc4CCC(C)(C)[C@@H]32)cc1.[Pt]. The Hall–Kier alpha value is -4.53. The number of anilines is 1. The Kier molecular flexibility index (Phi) is 8.68. The van der Waals surface area contributed by atoms with Crippen molar-refractivity contribution in [3.05, 3.63) is 124 Å². The Labute approximate surface area is 296 Å². The predicted molar refractivity (Wildman–Crippen MR) is 187 cm³/mol. The molecule has 0 spiro atoms. The van der Waals surface area contributed by atoms with E-state index in [-0.39, 0.29) is 55.6 Å². The van der Waals surface area contributed by atoms with Crippen LogP contribution in [0.2, 0.25) is 0 Å². The van der Waals surface area contributed by atoms with Gasteiger partial charge in [-0.2, -0.15) is 0 Å². The van der Waals surface area contributed by atoms with Gasteiger partial charge in [0.25, 0.3) is 0 Å². The maximum absolute atomic E-state index is 10.8. The first-order chi connectivity index (χ1) is 22.4. The summed E-state index contributed by atoms with van der Waals surface area (Å²) in [7, 11) is 0. The summed E-state index contributed by atoms with van der Waals surface area (Å²) in [6.07, 6.45) is 3.60. The van der Waals surface area contributed by atoms with Crippen LogP contribution >= 0.6 is 0 Å². The molecule has 2 heterocycles. The summed E-state index contributed by atoms with van der Waals surface area (Å²) in [5.41, 5.74) is 7.73. The van der Waals surface area contributed by atoms with Crippen molar-refractivity contribution in [2.24, 2.45) is 10.4 Å². The standard InChI is InChI=1S/C40H38N5O2.Pt/c1-24-18-26(20-30(19-24)47-34-23-42-32-21-27(39(2,3)4)22-33(46)36(32)43-34)38-44-35-31-11-9-8-10-25(31)16-17-40(5,6)37(35)45(38)29-14-12-28(41-7)13-15-29;/h8-15,18-19,21-23,35,37,46H,16-17H2,1-6H3;/q-1;/t35-,37+;/m0./s1. The van der Waals surface area contributed by atoms with Gasteiger partial charge in [0.2, 0.25) is 5.88 Å². The summed E-state index contributed by atoms with van der Waals surface area (Å²) in [6.45, 7) is 20.5. The summed E-state index contributed by atoms with van der Waals surface area (Å²) >= 11 is 0. The molecule has 0 radical (unpaired) electrons. The first-order valence-corrected chi connectivity index (χ1v) is 16.1. The maximum Gasteiger partial charge on any atom is 0.236 e. The van der Waals surface area contributed by atoms with Gasteiger partial charge in [-0.3, -0.25) is 0 Å². The number of aromatic nitrogens is 2. The van der Waals surface area contributed by atoms with Gasteiger partial charge in [0.15, 0.2) is 5.69 Å². The number of fused-ring (bicyclic) bond motifs is 4. The maximum atomic E-state index is 10.8. The second kappa shape index (κ2) is 12.5. The molecule has 8 heteroatoms. The number of aromatic hydroxyl groups is 1. The van der Waals surface area contributed by atoms with Crippen molar-refractivity contribution < 1.29 is 30.9 Å². The number of aryl methyl sites for hydroxylation is 2. The summed E-state index contributed by atoms with van der Waals surface area (Å²) < 4.78 is 6.28. The molecule has 0 bridgehead atoms. The molecule has 7 rings (SSSR count). The van der Waals surface area contributed by atoms with E-state index in [0.29, 0.717) is 22.5 Å². The second-order valence-electron chi connectivity index (χ2n) is 14.4. The quantitative estimate of drug-likeness (QED) is 0.183. The van der Waals surface area contributed by atoms with Crippen LogP contribution in [0.4, 0.5) is 11.4 Å². The van der Waals surface area contributed by atoms with E-state index in [0.717, 1.165) is 41.1 Å². The van der Waals surface area contributed by atoms with E-state index in [4.69, 9.17) is 16.3 Å². The predicted octanol–water partition coefficient (Wildman–Crippen LogP) is 9.43. The Morgan fingerprint density at radius 3 is 2.52 bits per heavy atom. The summed E-state index contributed by atoms with van der Waals surface area (Å²) in [5.74, 6) is 1.63. The van der Waals surface area contributed by atoms with Crippen LogP contribution in [0.3, 0.4) is 0 Å². The number of hydrogen-bond acceptors (Lipinski definition) is 6. The van der Waals surface area contributed by atoms with Crippen molar-refractivity contribution in [2.45, 2.75) is 71.9 Å². The molecule has 48 heavy (non-hydrogen) atoms. The van der Waals surface area contributed by atoms with Gasteiger partial charge in [-0.25, -0.2) is 14.8 Å². The van der Waals surface area contributed by atoms with Crippen molar-refractivity contribution >= 4 is 28.2 Å². The Bertz CT molecular complexity index is 2090. The Morgan fingerprint density at radius 1 is 1.04 bits per heavy atom. The molecule has 0 amide bonds.